The van der Waals surface area contributed by atoms with Gasteiger partial charge in [-0.1, -0.05) is 13.0 Å². The van der Waals surface area contributed by atoms with E-state index in [2.05, 4.69) is 5.32 Å². The lowest BCUT2D eigenvalue weighted by Crippen LogP contribution is -2.39. The largest absolute Gasteiger partial charge is 0.387 e. The van der Waals surface area contributed by atoms with E-state index >= 15 is 0 Å². The summed E-state index contributed by atoms with van der Waals surface area (Å²) in [6.07, 6.45) is 2.09. The van der Waals surface area contributed by atoms with Crippen LogP contribution in [0.3, 0.4) is 0 Å². The zero-order valence-electron chi connectivity index (χ0n) is 11.6. The molecule has 1 heterocycles. The Hall–Kier alpha value is -1.04. The summed E-state index contributed by atoms with van der Waals surface area (Å²) in [5.41, 5.74) is 0.385. The molecule has 1 aromatic carbocycles. The molecule has 0 bridgehead atoms. The first-order valence-electron chi connectivity index (χ1n) is 7.09. The Labute approximate surface area is 117 Å². The van der Waals surface area contributed by atoms with Gasteiger partial charge in [-0.3, -0.25) is 0 Å². The van der Waals surface area contributed by atoms with Gasteiger partial charge in [-0.15, -0.1) is 0 Å². The van der Waals surface area contributed by atoms with Crippen LogP contribution in [0, 0.1) is 11.6 Å². The molecule has 0 spiro atoms. The molecule has 3 nitrogen and oxygen atoms in total. The quantitative estimate of drug-likeness (QED) is 0.844. The number of hydrogen-bond acceptors (Lipinski definition) is 3. The molecule has 5 heteroatoms. The van der Waals surface area contributed by atoms with Crippen molar-refractivity contribution in [1.29, 1.82) is 0 Å². The molecule has 3 atom stereocenters. The smallest absolute Gasteiger partial charge is 0.159 e. The highest BCUT2D eigenvalue weighted by Crippen LogP contribution is 2.21. The summed E-state index contributed by atoms with van der Waals surface area (Å²) in [5.74, 6) is -1.84. The standard InChI is InChI=1S/C15H21F2NO2/c1-2-14(18-9-11-4-3-7-20-11)15(19)10-5-6-12(16)13(17)8-10/h5-6,8,11,14-15,18-19H,2-4,7,9H2,1H3. The van der Waals surface area contributed by atoms with E-state index in [0.29, 0.717) is 18.5 Å². The highest BCUT2D eigenvalue weighted by atomic mass is 19.2. The Kier molecular flexibility index (Phi) is 5.46. The lowest BCUT2D eigenvalue weighted by molar-refractivity contribution is 0.0864. The third-order valence-corrected chi connectivity index (χ3v) is 3.74. The van der Waals surface area contributed by atoms with Crippen molar-refractivity contribution < 1.29 is 18.6 Å². The SMILES string of the molecule is CCC(NCC1CCCO1)C(O)c1ccc(F)c(F)c1. The Balaban J connectivity index is 1.96. The second-order valence-electron chi connectivity index (χ2n) is 5.18. The Bertz CT molecular complexity index is 436. The van der Waals surface area contributed by atoms with Gasteiger partial charge in [0.1, 0.15) is 0 Å². The van der Waals surface area contributed by atoms with Crippen LogP contribution < -0.4 is 5.32 Å². The van der Waals surface area contributed by atoms with Crippen LogP contribution in [0.2, 0.25) is 0 Å². The monoisotopic (exact) mass is 285 g/mol. The lowest BCUT2D eigenvalue weighted by Gasteiger charge is -2.25. The topological polar surface area (TPSA) is 41.5 Å². The van der Waals surface area contributed by atoms with Crippen LogP contribution >= 0.6 is 0 Å². The van der Waals surface area contributed by atoms with E-state index in [1.165, 1.54) is 6.07 Å². The van der Waals surface area contributed by atoms with Crippen LogP contribution in [-0.2, 0) is 4.74 Å². The molecule has 1 saturated heterocycles. The average Bonchev–Trinajstić information content (AvgIpc) is 2.95. The van der Waals surface area contributed by atoms with Gasteiger partial charge >= 0.3 is 0 Å². The summed E-state index contributed by atoms with van der Waals surface area (Å²) in [6.45, 7) is 3.39. The maximum Gasteiger partial charge on any atom is 0.159 e. The fourth-order valence-corrected chi connectivity index (χ4v) is 2.50. The minimum absolute atomic E-state index is 0.182. The van der Waals surface area contributed by atoms with Crippen molar-refractivity contribution in [2.45, 2.75) is 44.4 Å². The molecule has 0 amide bonds. The molecule has 0 saturated carbocycles. The second-order valence-corrected chi connectivity index (χ2v) is 5.18. The van der Waals surface area contributed by atoms with Gasteiger partial charge in [-0.2, -0.15) is 0 Å². The van der Waals surface area contributed by atoms with Crippen LogP contribution in [0.15, 0.2) is 18.2 Å². The second kappa shape index (κ2) is 7.11. The molecule has 0 aliphatic carbocycles. The normalized spacial score (nSPS) is 21.9. The molecule has 2 rings (SSSR count). The highest BCUT2D eigenvalue weighted by molar-refractivity contribution is 5.21. The zero-order chi connectivity index (χ0) is 14.5. The van der Waals surface area contributed by atoms with E-state index in [0.717, 1.165) is 31.6 Å². The van der Waals surface area contributed by atoms with Crippen LogP contribution in [0.1, 0.15) is 37.9 Å². The average molecular weight is 285 g/mol. The molecule has 1 aliphatic heterocycles. The van der Waals surface area contributed by atoms with Gasteiger partial charge in [-0.25, -0.2) is 8.78 Å². The van der Waals surface area contributed by atoms with Crippen molar-refractivity contribution in [3.05, 3.63) is 35.4 Å². The number of aliphatic hydroxyl groups is 1. The number of nitrogens with one attached hydrogen (secondary N) is 1. The van der Waals surface area contributed by atoms with Crippen LogP contribution in [0.5, 0.6) is 0 Å². The lowest BCUT2D eigenvalue weighted by atomic mass is 10.00. The van der Waals surface area contributed by atoms with E-state index in [-0.39, 0.29) is 12.1 Å². The van der Waals surface area contributed by atoms with Crippen molar-refractivity contribution in [1.82, 2.24) is 5.32 Å². The number of hydrogen-bond donors (Lipinski definition) is 2. The first-order valence-corrected chi connectivity index (χ1v) is 7.09. The Morgan fingerprint density at radius 2 is 2.20 bits per heavy atom. The molecule has 20 heavy (non-hydrogen) atoms. The third-order valence-electron chi connectivity index (χ3n) is 3.74. The number of ether oxygens (including phenoxy) is 1. The van der Waals surface area contributed by atoms with E-state index in [1.807, 2.05) is 6.92 Å². The van der Waals surface area contributed by atoms with Crippen LogP contribution in [0.4, 0.5) is 8.78 Å². The van der Waals surface area contributed by atoms with E-state index < -0.39 is 17.7 Å². The summed E-state index contributed by atoms with van der Waals surface area (Å²) < 4.78 is 31.6. The third kappa shape index (κ3) is 3.75. The molecular weight excluding hydrogens is 264 g/mol. The highest BCUT2D eigenvalue weighted by Gasteiger charge is 2.22. The van der Waals surface area contributed by atoms with Crippen LogP contribution in [0.25, 0.3) is 0 Å². The van der Waals surface area contributed by atoms with Gasteiger partial charge in [-0.05, 0) is 37.0 Å². The van der Waals surface area contributed by atoms with Crippen molar-refractivity contribution >= 4 is 0 Å². The molecule has 0 radical (unpaired) electrons. The van der Waals surface area contributed by atoms with Gasteiger partial charge in [0, 0.05) is 19.2 Å². The van der Waals surface area contributed by atoms with E-state index in [9.17, 15) is 13.9 Å². The summed E-state index contributed by atoms with van der Waals surface area (Å²) in [6, 6.07) is 3.31. The minimum atomic E-state index is -0.935. The predicted molar refractivity (Wildman–Crippen MR) is 72.4 cm³/mol. The van der Waals surface area contributed by atoms with Crippen LogP contribution in [-0.4, -0.2) is 30.4 Å². The zero-order valence-corrected chi connectivity index (χ0v) is 11.6. The fourth-order valence-electron chi connectivity index (χ4n) is 2.50. The first-order chi connectivity index (χ1) is 9.61. The molecule has 0 aromatic heterocycles. The minimum Gasteiger partial charge on any atom is -0.387 e. The molecule has 3 unspecified atom stereocenters. The molecule has 1 aliphatic rings. The van der Waals surface area contributed by atoms with Gasteiger partial charge in [0.2, 0.25) is 0 Å². The van der Waals surface area contributed by atoms with Gasteiger partial charge in [0.25, 0.3) is 0 Å². The maximum atomic E-state index is 13.2. The molecular formula is C15H21F2NO2. The van der Waals surface area contributed by atoms with Gasteiger partial charge in [0.05, 0.1) is 12.2 Å². The maximum absolute atomic E-state index is 13.2. The van der Waals surface area contributed by atoms with E-state index in [4.69, 9.17) is 4.74 Å². The van der Waals surface area contributed by atoms with Crippen molar-refractivity contribution in [2.24, 2.45) is 0 Å². The molecule has 1 fully saturated rings. The number of halogens is 2. The summed E-state index contributed by atoms with van der Waals surface area (Å²) in [7, 11) is 0. The molecule has 2 N–H and O–H groups in total. The van der Waals surface area contributed by atoms with Crippen molar-refractivity contribution in [3.8, 4) is 0 Å². The first kappa shape index (κ1) is 15.4. The number of aliphatic hydroxyl groups excluding tert-OH is 1. The summed E-state index contributed by atoms with van der Waals surface area (Å²) in [4.78, 5) is 0. The Morgan fingerprint density at radius 1 is 1.40 bits per heavy atom. The van der Waals surface area contributed by atoms with Crippen molar-refractivity contribution in [3.63, 3.8) is 0 Å². The van der Waals surface area contributed by atoms with Gasteiger partial charge in [0.15, 0.2) is 11.6 Å². The number of rotatable bonds is 6. The molecule has 1 aromatic rings. The Morgan fingerprint density at radius 3 is 2.80 bits per heavy atom. The summed E-state index contributed by atoms with van der Waals surface area (Å²) in [5, 5.41) is 13.5. The summed E-state index contributed by atoms with van der Waals surface area (Å²) >= 11 is 0. The van der Waals surface area contributed by atoms with Crippen molar-refractivity contribution in [2.75, 3.05) is 13.2 Å². The number of benzene rings is 1. The van der Waals surface area contributed by atoms with Gasteiger partial charge < -0.3 is 15.2 Å². The molecule has 112 valence electrons. The van der Waals surface area contributed by atoms with E-state index in [1.54, 1.807) is 0 Å². The predicted octanol–water partition coefficient (Wildman–Crippen LogP) is 2.55. The fraction of sp³-hybridized carbons (Fsp3) is 0.600.